The maximum absolute atomic E-state index is 9.80. The van der Waals surface area contributed by atoms with Crippen LogP contribution in [-0.2, 0) is 0 Å². The zero-order valence-corrected chi connectivity index (χ0v) is 12.2. The highest BCUT2D eigenvalue weighted by atomic mass is 16.3. The lowest BCUT2D eigenvalue weighted by molar-refractivity contribution is 0.173. The Morgan fingerprint density at radius 3 is 2.21 bits per heavy atom. The molecule has 0 radical (unpaired) electrons. The van der Waals surface area contributed by atoms with E-state index in [1.807, 2.05) is 6.92 Å². The Kier molecular flexibility index (Phi) is 5.23. The fourth-order valence-electron chi connectivity index (χ4n) is 2.69. The van der Waals surface area contributed by atoms with Crippen LogP contribution in [0.2, 0.25) is 0 Å². The molecule has 3 nitrogen and oxygen atoms in total. The van der Waals surface area contributed by atoms with Crippen LogP contribution < -0.4 is 4.90 Å². The van der Waals surface area contributed by atoms with Gasteiger partial charge in [-0.15, -0.1) is 0 Å². The molecule has 1 N–H and O–H groups in total. The molecular weight excluding hydrogens is 236 g/mol. The zero-order chi connectivity index (χ0) is 13.7. The summed E-state index contributed by atoms with van der Waals surface area (Å²) in [5.41, 5.74) is 2.30. The van der Waals surface area contributed by atoms with E-state index in [-0.39, 0.29) is 6.10 Å². The molecule has 1 unspecified atom stereocenters. The third kappa shape index (κ3) is 3.71. The Morgan fingerprint density at radius 1 is 1.05 bits per heavy atom. The summed E-state index contributed by atoms with van der Waals surface area (Å²) in [6.45, 7) is 10.00. The van der Waals surface area contributed by atoms with Gasteiger partial charge in [0, 0.05) is 31.9 Å². The lowest BCUT2D eigenvalue weighted by Gasteiger charge is -2.36. The summed E-state index contributed by atoms with van der Waals surface area (Å²) < 4.78 is 0. The SMILES string of the molecule is CCCN1CCN(c2ccc(C(O)CC)cc2)CC1. The van der Waals surface area contributed by atoms with Gasteiger partial charge >= 0.3 is 0 Å². The molecule has 1 aromatic rings. The lowest BCUT2D eigenvalue weighted by Crippen LogP contribution is -2.46. The predicted molar refractivity (Wildman–Crippen MR) is 80.6 cm³/mol. The van der Waals surface area contributed by atoms with Gasteiger partial charge in [-0.25, -0.2) is 0 Å². The Balaban J connectivity index is 1.92. The van der Waals surface area contributed by atoms with E-state index < -0.39 is 0 Å². The quantitative estimate of drug-likeness (QED) is 0.884. The number of rotatable bonds is 5. The van der Waals surface area contributed by atoms with Crippen LogP contribution in [0.4, 0.5) is 5.69 Å². The van der Waals surface area contributed by atoms with E-state index in [0.717, 1.165) is 38.2 Å². The largest absolute Gasteiger partial charge is 0.388 e. The van der Waals surface area contributed by atoms with Crippen LogP contribution in [0.3, 0.4) is 0 Å². The number of aliphatic hydroxyl groups is 1. The van der Waals surface area contributed by atoms with Gasteiger partial charge in [0.2, 0.25) is 0 Å². The molecule has 0 bridgehead atoms. The molecule has 0 aliphatic carbocycles. The van der Waals surface area contributed by atoms with Crippen molar-refractivity contribution in [1.29, 1.82) is 0 Å². The minimum Gasteiger partial charge on any atom is -0.388 e. The first-order chi connectivity index (χ1) is 9.24. The summed E-state index contributed by atoms with van der Waals surface area (Å²) >= 11 is 0. The Bertz CT molecular complexity index is 369. The molecule has 0 saturated carbocycles. The number of anilines is 1. The average Bonchev–Trinajstić information content (AvgIpc) is 2.48. The van der Waals surface area contributed by atoms with Crippen LogP contribution in [-0.4, -0.2) is 42.7 Å². The minimum absolute atomic E-state index is 0.324. The molecule has 1 fully saturated rings. The van der Waals surface area contributed by atoms with Crippen molar-refractivity contribution in [2.75, 3.05) is 37.6 Å². The Morgan fingerprint density at radius 2 is 1.68 bits per heavy atom. The molecule has 1 saturated heterocycles. The second-order valence-electron chi connectivity index (χ2n) is 5.34. The van der Waals surface area contributed by atoms with Crippen molar-refractivity contribution in [1.82, 2.24) is 4.90 Å². The molecule has 0 aromatic heterocycles. The molecular formula is C16H26N2O. The minimum atomic E-state index is -0.324. The molecule has 1 aromatic carbocycles. The topological polar surface area (TPSA) is 26.7 Å². The standard InChI is InChI=1S/C16H26N2O/c1-3-9-17-10-12-18(13-11-17)15-7-5-14(6-8-15)16(19)4-2/h5-8,16,19H,3-4,9-13H2,1-2H3. The highest BCUT2D eigenvalue weighted by molar-refractivity contribution is 5.48. The summed E-state index contributed by atoms with van der Waals surface area (Å²) in [7, 11) is 0. The van der Waals surface area contributed by atoms with Crippen molar-refractivity contribution in [3.05, 3.63) is 29.8 Å². The molecule has 0 spiro atoms. The van der Waals surface area contributed by atoms with Crippen molar-refractivity contribution in [2.24, 2.45) is 0 Å². The molecule has 106 valence electrons. The van der Waals surface area contributed by atoms with Crippen LogP contribution >= 0.6 is 0 Å². The highest BCUT2D eigenvalue weighted by Crippen LogP contribution is 2.22. The number of aliphatic hydroxyl groups excluding tert-OH is 1. The molecule has 3 heteroatoms. The van der Waals surface area contributed by atoms with Crippen LogP contribution in [0.5, 0.6) is 0 Å². The lowest BCUT2D eigenvalue weighted by atomic mass is 10.1. The first-order valence-electron chi connectivity index (χ1n) is 7.50. The molecule has 19 heavy (non-hydrogen) atoms. The summed E-state index contributed by atoms with van der Waals surface area (Å²) in [5, 5.41) is 9.80. The van der Waals surface area contributed by atoms with Crippen LogP contribution in [0.15, 0.2) is 24.3 Å². The van der Waals surface area contributed by atoms with E-state index in [1.54, 1.807) is 0 Å². The average molecular weight is 262 g/mol. The number of benzene rings is 1. The van der Waals surface area contributed by atoms with E-state index >= 15 is 0 Å². The van der Waals surface area contributed by atoms with Gasteiger partial charge in [0.1, 0.15) is 0 Å². The molecule has 1 atom stereocenters. The van der Waals surface area contributed by atoms with Gasteiger partial charge in [-0.1, -0.05) is 26.0 Å². The second kappa shape index (κ2) is 6.92. The third-order valence-corrected chi connectivity index (χ3v) is 3.94. The number of piperazine rings is 1. The summed E-state index contributed by atoms with van der Waals surface area (Å²) in [6.07, 6.45) is 1.69. The maximum atomic E-state index is 9.80. The normalized spacial score (nSPS) is 18.6. The van der Waals surface area contributed by atoms with Crippen molar-refractivity contribution in [3.63, 3.8) is 0 Å². The maximum Gasteiger partial charge on any atom is 0.0787 e. The van der Waals surface area contributed by atoms with Crippen molar-refractivity contribution in [3.8, 4) is 0 Å². The van der Waals surface area contributed by atoms with Gasteiger partial charge < -0.3 is 10.0 Å². The van der Waals surface area contributed by atoms with E-state index in [0.29, 0.717) is 0 Å². The summed E-state index contributed by atoms with van der Waals surface area (Å²) in [6, 6.07) is 8.40. The summed E-state index contributed by atoms with van der Waals surface area (Å²) in [5.74, 6) is 0. The van der Waals surface area contributed by atoms with Gasteiger partial charge in [0.05, 0.1) is 6.10 Å². The number of nitrogens with zero attached hydrogens (tertiary/aromatic N) is 2. The second-order valence-corrected chi connectivity index (χ2v) is 5.34. The van der Waals surface area contributed by atoms with Gasteiger partial charge in [-0.05, 0) is 37.1 Å². The van der Waals surface area contributed by atoms with Gasteiger partial charge in [-0.2, -0.15) is 0 Å². The predicted octanol–water partition coefficient (Wildman–Crippen LogP) is 2.66. The fraction of sp³-hybridized carbons (Fsp3) is 0.625. The number of hydrogen-bond acceptors (Lipinski definition) is 3. The zero-order valence-electron chi connectivity index (χ0n) is 12.2. The van der Waals surface area contributed by atoms with E-state index in [2.05, 4.69) is 41.0 Å². The van der Waals surface area contributed by atoms with E-state index in [1.165, 1.54) is 18.7 Å². The van der Waals surface area contributed by atoms with Crippen molar-refractivity contribution < 1.29 is 5.11 Å². The van der Waals surface area contributed by atoms with Crippen LogP contribution in [0.25, 0.3) is 0 Å². The third-order valence-electron chi connectivity index (χ3n) is 3.94. The van der Waals surface area contributed by atoms with Gasteiger partial charge in [0.15, 0.2) is 0 Å². The Labute approximate surface area is 116 Å². The highest BCUT2D eigenvalue weighted by Gasteiger charge is 2.16. The molecule has 1 heterocycles. The molecule has 0 amide bonds. The van der Waals surface area contributed by atoms with Crippen LogP contribution in [0, 0.1) is 0 Å². The van der Waals surface area contributed by atoms with E-state index in [9.17, 15) is 5.11 Å². The monoisotopic (exact) mass is 262 g/mol. The first-order valence-corrected chi connectivity index (χ1v) is 7.50. The molecule has 1 aliphatic rings. The Hall–Kier alpha value is -1.06. The van der Waals surface area contributed by atoms with Crippen molar-refractivity contribution in [2.45, 2.75) is 32.8 Å². The first kappa shape index (κ1) is 14.4. The smallest absolute Gasteiger partial charge is 0.0787 e. The molecule has 1 aliphatic heterocycles. The summed E-state index contributed by atoms with van der Waals surface area (Å²) in [4.78, 5) is 4.97. The van der Waals surface area contributed by atoms with Gasteiger partial charge in [-0.3, -0.25) is 4.90 Å². The molecule has 2 rings (SSSR count). The fourth-order valence-corrected chi connectivity index (χ4v) is 2.69. The number of hydrogen-bond donors (Lipinski definition) is 1. The van der Waals surface area contributed by atoms with Crippen LogP contribution in [0.1, 0.15) is 38.4 Å². The van der Waals surface area contributed by atoms with E-state index in [4.69, 9.17) is 0 Å². The van der Waals surface area contributed by atoms with Crippen molar-refractivity contribution >= 4 is 5.69 Å². The van der Waals surface area contributed by atoms with Gasteiger partial charge in [0.25, 0.3) is 0 Å².